The number of nitrogens with zero attached hydrogens (tertiary/aromatic N) is 1. The van der Waals surface area contributed by atoms with Gasteiger partial charge in [-0.25, -0.2) is 0 Å². The minimum atomic E-state index is -0.469. The number of ketones is 1. The maximum Gasteiger partial charge on any atom is 0.309 e. The molecule has 0 saturated heterocycles. The number of ether oxygens (including phenoxy) is 1. The van der Waals surface area contributed by atoms with Gasteiger partial charge >= 0.3 is 5.97 Å². The molecule has 24 heavy (non-hydrogen) atoms. The van der Waals surface area contributed by atoms with Crippen LogP contribution in [0.5, 0.6) is 0 Å². The summed E-state index contributed by atoms with van der Waals surface area (Å²) < 4.78 is 6.15. The van der Waals surface area contributed by atoms with Gasteiger partial charge in [-0.05, 0) is 31.5 Å². The first-order valence-corrected chi connectivity index (χ1v) is 8.63. The van der Waals surface area contributed by atoms with Gasteiger partial charge in [0.05, 0.1) is 18.2 Å². The molecule has 0 radical (unpaired) electrons. The standard InChI is InChI=1S/C18H21BrN2O3/c1-11(9-17(22)14-5-4-6-15(19)10-14)18(23)24-8-7-16-12(2)20-21-13(16)3/h4-6,10-11H,7-9H2,1-3H3,(H,20,21)/t11-/m0/s1. The first kappa shape index (κ1) is 18.4. The maximum atomic E-state index is 12.2. The lowest BCUT2D eigenvalue weighted by Crippen LogP contribution is -2.19. The van der Waals surface area contributed by atoms with Crippen molar-refractivity contribution in [2.45, 2.75) is 33.6 Å². The molecule has 0 aliphatic rings. The van der Waals surface area contributed by atoms with Gasteiger partial charge in [0.25, 0.3) is 0 Å². The van der Waals surface area contributed by atoms with E-state index < -0.39 is 5.92 Å². The van der Waals surface area contributed by atoms with Crippen LogP contribution in [0, 0.1) is 19.8 Å². The van der Waals surface area contributed by atoms with Crippen molar-refractivity contribution in [3.63, 3.8) is 0 Å². The molecule has 5 nitrogen and oxygen atoms in total. The fourth-order valence-electron chi connectivity index (χ4n) is 2.48. The molecule has 0 unspecified atom stereocenters. The molecule has 2 rings (SSSR count). The average molecular weight is 393 g/mol. The Balaban J connectivity index is 1.83. The van der Waals surface area contributed by atoms with E-state index in [9.17, 15) is 9.59 Å². The lowest BCUT2D eigenvalue weighted by molar-refractivity contribution is -0.147. The SMILES string of the molecule is Cc1n[nH]c(C)c1CCOC(=O)[C@@H](C)CC(=O)c1cccc(Br)c1. The largest absolute Gasteiger partial charge is 0.465 e. The third kappa shape index (κ3) is 4.77. The number of aromatic amines is 1. The van der Waals surface area contributed by atoms with Crippen LogP contribution in [0.3, 0.4) is 0 Å². The highest BCUT2D eigenvalue weighted by Crippen LogP contribution is 2.16. The van der Waals surface area contributed by atoms with Crippen molar-refractivity contribution in [3.8, 4) is 0 Å². The van der Waals surface area contributed by atoms with E-state index in [1.165, 1.54) is 0 Å². The Morgan fingerprint density at radius 2 is 2.08 bits per heavy atom. The molecule has 1 N–H and O–H groups in total. The highest BCUT2D eigenvalue weighted by Gasteiger charge is 2.20. The summed E-state index contributed by atoms with van der Waals surface area (Å²) in [4.78, 5) is 24.3. The Bertz CT molecular complexity index is 720. The highest BCUT2D eigenvalue weighted by molar-refractivity contribution is 9.10. The molecule has 0 amide bonds. The average Bonchev–Trinajstić information content (AvgIpc) is 2.86. The van der Waals surface area contributed by atoms with E-state index in [2.05, 4.69) is 26.1 Å². The van der Waals surface area contributed by atoms with Gasteiger partial charge in [-0.3, -0.25) is 14.7 Å². The predicted octanol–water partition coefficient (Wildman–Crippen LogP) is 3.78. The molecule has 0 saturated carbocycles. The molecule has 0 spiro atoms. The second-order valence-electron chi connectivity index (χ2n) is 5.87. The molecule has 6 heteroatoms. The van der Waals surface area contributed by atoms with Crippen LogP contribution < -0.4 is 0 Å². The van der Waals surface area contributed by atoms with Crippen LogP contribution in [0.4, 0.5) is 0 Å². The van der Waals surface area contributed by atoms with Gasteiger partial charge in [-0.2, -0.15) is 5.10 Å². The van der Waals surface area contributed by atoms with E-state index in [4.69, 9.17) is 4.74 Å². The number of carbonyl (C=O) groups excluding carboxylic acids is 2. The number of nitrogens with one attached hydrogen (secondary N) is 1. The third-order valence-electron chi connectivity index (χ3n) is 3.92. The molecule has 1 aromatic heterocycles. The molecule has 0 fully saturated rings. The van der Waals surface area contributed by atoms with E-state index in [0.29, 0.717) is 12.0 Å². The van der Waals surface area contributed by atoms with Crippen molar-refractivity contribution in [1.82, 2.24) is 10.2 Å². The molecule has 1 heterocycles. The highest BCUT2D eigenvalue weighted by atomic mass is 79.9. The summed E-state index contributed by atoms with van der Waals surface area (Å²) in [6.45, 7) is 5.86. The number of esters is 1. The minimum Gasteiger partial charge on any atom is -0.465 e. The number of halogens is 1. The van der Waals surface area contributed by atoms with E-state index in [1.807, 2.05) is 19.9 Å². The quantitative estimate of drug-likeness (QED) is 0.574. The summed E-state index contributed by atoms with van der Waals surface area (Å²) in [5, 5.41) is 7.02. The van der Waals surface area contributed by atoms with Crippen LogP contribution in [0.15, 0.2) is 28.7 Å². The van der Waals surface area contributed by atoms with Crippen molar-refractivity contribution in [2.24, 2.45) is 5.92 Å². The number of carbonyl (C=O) groups is 2. The van der Waals surface area contributed by atoms with Gasteiger partial charge in [0.1, 0.15) is 0 Å². The fourth-order valence-corrected chi connectivity index (χ4v) is 2.88. The van der Waals surface area contributed by atoms with Crippen LogP contribution in [-0.4, -0.2) is 28.6 Å². The third-order valence-corrected chi connectivity index (χ3v) is 4.41. The number of hydrogen-bond acceptors (Lipinski definition) is 4. The molecular formula is C18H21BrN2O3. The van der Waals surface area contributed by atoms with E-state index in [1.54, 1.807) is 25.1 Å². The molecule has 1 aromatic carbocycles. The molecule has 1 atom stereocenters. The van der Waals surface area contributed by atoms with Crippen LogP contribution in [0.1, 0.15) is 40.7 Å². The summed E-state index contributed by atoms with van der Waals surface area (Å²) >= 11 is 3.34. The normalized spacial score (nSPS) is 12.0. The van der Waals surface area contributed by atoms with Gasteiger partial charge in [0.2, 0.25) is 0 Å². The number of aromatic nitrogens is 2. The Labute approximate surface area is 149 Å². The van der Waals surface area contributed by atoms with Gasteiger partial charge in [0.15, 0.2) is 5.78 Å². The monoisotopic (exact) mass is 392 g/mol. The van der Waals surface area contributed by atoms with E-state index >= 15 is 0 Å². The Hall–Kier alpha value is -1.95. The minimum absolute atomic E-state index is 0.0673. The molecule has 0 aliphatic heterocycles. The van der Waals surface area contributed by atoms with Crippen molar-refractivity contribution >= 4 is 27.7 Å². The second kappa shape index (κ2) is 8.24. The van der Waals surface area contributed by atoms with Crippen LogP contribution in [-0.2, 0) is 16.0 Å². The number of Topliss-reactive ketones (excluding diaryl/α,β-unsaturated/α-hetero) is 1. The van der Waals surface area contributed by atoms with E-state index in [-0.39, 0.29) is 24.8 Å². The maximum absolute atomic E-state index is 12.2. The lowest BCUT2D eigenvalue weighted by atomic mass is 10.00. The summed E-state index contributed by atoms with van der Waals surface area (Å²) in [5.41, 5.74) is 3.57. The van der Waals surface area contributed by atoms with E-state index in [0.717, 1.165) is 21.4 Å². The Morgan fingerprint density at radius 1 is 1.33 bits per heavy atom. The smallest absolute Gasteiger partial charge is 0.309 e. The van der Waals surface area contributed by atoms with Crippen LogP contribution in [0.2, 0.25) is 0 Å². The summed E-state index contributed by atoms with van der Waals surface area (Å²) in [6, 6.07) is 7.16. The first-order valence-electron chi connectivity index (χ1n) is 7.84. The Kier molecular flexibility index (Phi) is 6.31. The molecule has 128 valence electrons. The van der Waals surface area contributed by atoms with Crippen LogP contribution in [0.25, 0.3) is 0 Å². The summed E-state index contributed by atoms with van der Waals surface area (Å²) in [5.74, 6) is -0.887. The number of rotatable bonds is 7. The summed E-state index contributed by atoms with van der Waals surface area (Å²) in [6.07, 6.45) is 0.755. The van der Waals surface area contributed by atoms with Gasteiger partial charge in [0, 0.05) is 28.6 Å². The number of benzene rings is 1. The predicted molar refractivity (Wildman–Crippen MR) is 95.0 cm³/mol. The van der Waals surface area contributed by atoms with Crippen molar-refractivity contribution in [1.29, 1.82) is 0 Å². The number of H-pyrrole nitrogens is 1. The number of hydrogen-bond donors (Lipinski definition) is 1. The molecule has 2 aromatic rings. The van der Waals surface area contributed by atoms with Gasteiger partial charge < -0.3 is 4.74 Å². The topological polar surface area (TPSA) is 72.0 Å². The van der Waals surface area contributed by atoms with Crippen molar-refractivity contribution in [2.75, 3.05) is 6.61 Å². The Morgan fingerprint density at radius 3 is 2.71 bits per heavy atom. The van der Waals surface area contributed by atoms with Crippen molar-refractivity contribution < 1.29 is 14.3 Å². The fraction of sp³-hybridized carbons (Fsp3) is 0.389. The molecular weight excluding hydrogens is 372 g/mol. The second-order valence-corrected chi connectivity index (χ2v) is 6.78. The van der Waals surface area contributed by atoms with Crippen molar-refractivity contribution in [3.05, 3.63) is 51.3 Å². The zero-order chi connectivity index (χ0) is 17.7. The first-order chi connectivity index (χ1) is 11.4. The zero-order valence-corrected chi connectivity index (χ0v) is 15.6. The van der Waals surface area contributed by atoms with Gasteiger partial charge in [-0.1, -0.05) is 35.0 Å². The summed E-state index contributed by atoms with van der Waals surface area (Å²) in [7, 11) is 0. The number of aryl methyl sites for hydroxylation is 2. The van der Waals surface area contributed by atoms with Gasteiger partial charge in [-0.15, -0.1) is 0 Å². The molecule has 0 aliphatic carbocycles. The molecule has 0 bridgehead atoms. The lowest BCUT2D eigenvalue weighted by Gasteiger charge is -2.11. The zero-order valence-electron chi connectivity index (χ0n) is 14.1. The van der Waals surface area contributed by atoms with Crippen LogP contribution >= 0.6 is 15.9 Å².